The molecule has 21 heavy (non-hydrogen) atoms. The molecular weight excluding hydrogens is 294 g/mol. The lowest BCUT2D eigenvalue weighted by atomic mass is 9.91. The Kier molecular flexibility index (Phi) is 3.04. The van der Waals surface area contributed by atoms with Crippen LogP contribution in [0.1, 0.15) is 22.6 Å². The van der Waals surface area contributed by atoms with Crippen molar-refractivity contribution in [2.45, 2.75) is 5.92 Å². The second-order valence-electron chi connectivity index (χ2n) is 4.56. The van der Waals surface area contributed by atoms with Gasteiger partial charge in [-0.3, -0.25) is 0 Å². The van der Waals surface area contributed by atoms with Crippen molar-refractivity contribution >= 4 is 5.83 Å². The van der Waals surface area contributed by atoms with Crippen molar-refractivity contribution in [3.63, 3.8) is 0 Å². The monoisotopic (exact) mass is 300 g/mol. The highest BCUT2D eigenvalue weighted by atomic mass is 19.2. The molecule has 0 fully saturated rings. The Balaban J connectivity index is 2.32. The smallest absolute Gasteiger partial charge is 0.166 e. The minimum Gasteiger partial charge on any atom is -0.208 e. The van der Waals surface area contributed by atoms with Gasteiger partial charge < -0.3 is 0 Å². The SMILES string of the molecule is FC1=C(F)C(c2c(F)ccc(F)c2F)c2cccc(F)c21. The fourth-order valence-corrected chi connectivity index (χ4v) is 2.49. The van der Waals surface area contributed by atoms with Crippen LogP contribution in [0.15, 0.2) is 36.2 Å². The van der Waals surface area contributed by atoms with Crippen molar-refractivity contribution in [2.75, 3.05) is 0 Å². The third-order valence-corrected chi connectivity index (χ3v) is 3.41. The number of hydrogen-bond acceptors (Lipinski definition) is 0. The molecule has 0 bridgehead atoms. The topological polar surface area (TPSA) is 0 Å². The Bertz CT molecular complexity index is 778. The van der Waals surface area contributed by atoms with E-state index in [0.29, 0.717) is 12.1 Å². The summed E-state index contributed by atoms with van der Waals surface area (Å²) in [5.41, 5.74) is -1.96. The van der Waals surface area contributed by atoms with Crippen molar-refractivity contribution in [1.29, 1.82) is 0 Å². The molecule has 6 heteroatoms. The van der Waals surface area contributed by atoms with Crippen LogP contribution in [0.5, 0.6) is 0 Å². The van der Waals surface area contributed by atoms with Crippen LogP contribution in [0, 0.1) is 23.3 Å². The average Bonchev–Trinajstić information content (AvgIpc) is 2.70. The molecular formula is C15H6F6. The summed E-state index contributed by atoms with van der Waals surface area (Å²) in [6, 6.07) is 4.33. The van der Waals surface area contributed by atoms with Gasteiger partial charge in [0, 0.05) is 5.56 Å². The molecule has 0 aliphatic heterocycles. The zero-order chi connectivity index (χ0) is 15.3. The molecule has 1 aliphatic carbocycles. The van der Waals surface area contributed by atoms with Gasteiger partial charge in [-0.25, -0.2) is 26.3 Å². The second kappa shape index (κ2) is 4.65. The van der Waals surface area contributed by atoms with Crippen molar-refractivity contribution < 1.29 is 26.3 Å². The summed E-state index contributed by atoms with van der Waals surface area (Å²) in [6.07, 6.45) is 0. The molecule has 2 aromatic rings. The number of benzene rings is 2. The lowest BCUT2D eigenvalue weighted by molar-refractivity contribution is 0.465. The summed E-state index contributed by atoms with van der Waals surface area (Å²) in [5, 5.41) is 0. The van der Waals surface area contributed by atoms with E-state index in [4.69, 9.17) is 0 Å². The molecule has 0 nitrogen and oxygen atoms in total. The van der Waals surface area contributed by atoms with E-state index in [0.717, 1.165) is 18.2 Å². The van der Waals surface area contributed by atoms with Crippen molar-refractivity contribution in [3.05, 3.63) is 76.1 Å². The van der Waals surface area contributed by atoms with Crippen LogP contribution in [0.4, 0.5) is 26.3 Å². The first-order valence-corrected chi connectivity index (χ1v) is 5.90. The van der Waals surface area contributed by atoms with Crippen LogP contribution in [0.2, 0.25) is 0 Å². The predicted octanol–water partition coefficient (Wildman–Crippen LogP) is 5.00. The van der Waals surface area contributed by atoms with Gasteiger partial charge in [-0.1, -0.05) is 12.1 Å². The number of hydrogen-bond donors (Lipinski definition) is 0. The molecule has 1 atom stereocenters. The number of fused-ring (bicyclic) bond motifs is 1. The summed E-state index contributed by atoms with van der Waals surface area (Å²) in [5.74, 6) is -10.2. The molecule has 0 saturated carbocycles. The summed E-state index contributed by atoms with van der Waals surface area (Å²) < 4.78 is 82.2. The van der Waals surface area contributed by atoms with E-state index < -0.39 is 52.0 Å². The normalized spacial score (nSPS) is 17.3. The molecule has 2 aromatic carbocycles. The molecule has 0 N–H and O–H groups in total. The van der Waals surface area contributed by atoms with E-state index in [1.165, 1.54) is 0 Å². The molecule has 0 radical (unpaired) electrons. The second-order valence-corrected chi connectivity index (χ2v) is 4.56. The molecule has 0 heterocycles. The number of allylic oxidation sites excluding steroid dienone is 1. The minimum absolute atomic E-state index is 0.284. The molecule has 0 amide bonds. The first kappa shape index (κ1) is 13.7. The van der Waals surface area contributed by atoms with Crippen LogP contribution < -0.4 is 0 Å². The largest absolute Gasteiger partial charge is 0.208 e. The third kappa shape index (κ3) is 1.86. The Morgan fingerprint density at radius 3 is 2.10 bits per heavy atom. The third-order valence-electron chi connectivity index (χ3n) is 3.41. The maximum absolute atomic E-state index is 14.0. The molecule has 1 unspecified atom stereocenters. The first-order valence-electron chi connectivity index (χ1n) is 5.90. The Labute approximate surface area is 115 Å². The number of rotatable bonds is 1. The van der Waals surface area contributed by atoms with Crippen molar-refractivity contribution in [3.8, 4) is 0 Å². The maximum Gasteiger partial charge on any atom is 0.166 e. The van der Waals surface area contributed by atoms with E-state index in [1.54, 1.807) is 0 Å². The van der Waals surface area contributed by atoms with Gasteiger partial charge in [-0.05, 0) is 23.8 Å². The van der Waals surface area contributed by atoms with Crippen LogP contribution >= 0.6 is 0 Å². The van der Waals surface area contributed by atoms with Crippen LogP contribution in [0.3, 0.4) is 0 Å². The molecule has 0 aromatic heterocycles. The van der Waals surface area contributed by atoms with Crippen molar-refractivity contribution in [1.82, 2.24) is 0 Å². The van der Waals surface area contributed by atoms with Crippen molar-refractivity contribution in [2.24, 2.45) is 0 Å². The quantitative estimate of drug-likeness (QED) is 0.514. The van der Waals surface area contributed by atoms with Crippen LogP contribution in [-0.2, 0) is 0 Å². The summed E-state index contributed by atoms with van der Waals surface area (Å²) in [4.78, 5) is 0. The van der Waals surface area contributed by atoms with Gasteiger partial charge in [0.2, 0.25) is 0 Å². The van der Waals surface area contributed by atoms with E-state index in [1.807, 2.05) is 0 Å². The Morgan fingerprint density at radius 2 is 1.38 bits per heavy atom. The lowest BCUT2D eigenvalue weighted by Gasteiger charge is -2.14. The fraction of sp³-hybridized carbons (Fsp3) is 0.0667. The molecule has 0 saturated heterocycles. The van der Waals surface area contributed by atoms with Crippen LogP contribution in [0.25, 0.3) is 5.83 Å². The highest BCUT2D eigenvalue weighted by Crippen LogP contribution is 2.48. The van der Waals surface area contributed by atoms with Gasteiger partial charge in [0.1, 0.15) is 17.5 Å². The molecule has 108 valence electrons. The standard InChI is InChI=1S/C15H6F6/c16-7-3-1-2-6-10(7)14(20)15(21)11(6)12-8(17)4-5-9(18)13(12)19/h1-5,11H. The fourth-order valence-electron chi connectivity index (χ4n) is 2.49. The molecule has 0 spiro atoms. The molecule has 1 aliphatic rings. The lowest BCUT2D eigenvalue weighted by Crippen LogP contribution is -2.07. The van der Waals surface area contributed by atoms with E-state index in [-0.39, 0.29) is 5.56 Å². The van der Waals surface area contributed by atoms with Gasteiger partial charge >= 0.3 is 0 Å². The molecule has 3 rings (SSSR count). The van der Waals surface area contributed by atoms with E-state index >= 15 is 0 Å². The summed E-state index contributed by atoms with van der Waals surface area (Å²) in [6.45, 7) is 0. The maximum atomic E-state index is 14.0. The highest BCUT2D eigenvalue weighted by molar-refractivity contribution is 5.74. The first-order chi connectivity index (χ1) is 9.93. The van der Waals surface area contributed by atoms with Gasteiger partial charge in [-0.2, -0.15) is 0 Å². The average molecular weight is 300 g/mol. The van der Waals surface area contributed by atoms with Gasteiger partial charge in [-0.15, -0.1) is 0 Å². The zero-order valence-electron chi connectivity index (χ0n) is 10.2. The minimum atomic E-state index is -1.84. The van der Waals surface area contributed by atoms with Gasteiger partial charge in [0.15, 0.2) is 17.5 Å². The number of halogens is 6. The van der Waals surface area contributed by atoms with E-state index in [2.05, 4.69) is 0 Å². The van der Waals surface area contributed by atoms with Gasteiger partial charge in [0.25, 0.3) is 0 Å². The Morgan fingerprint density at radius 1 is 0.714 bits per heavy atom. The van der Waals surface area contributed by atoms with Crippen LogP contribution in [-0.4, -0.2) is 0 Å². The Hall–Kier alpha value is -2.24. The van der Waals surface area contributed by atoms with Gasteiger partial charge in [0.05, 0.1) is 11.5 Å². The summed E-state index contributed by atoms with van der Waals surface area (Å²) >= 11 is 0. The highest BCUT2D eigenvalue weighted by Gasteiger charge is 2.39. The predicted molar refractivity (Wildman–Crippen MR) is 63.7 cm³/mol. The zero-order valence-corrected chi connectivity index (χ0v) is 10.2. The summed E-state index contributed by atoms with van der Waals surface area (Å²) in [7, 11) is 0. The van der Waals surface area contributed by atoms with E-state index in [9.17, 15) is 26.3 Å².